The lowest BCUT2D eigenvalue weighted by Crippen LogP contribution is -2.03. The molecule has 0 spiro atoms. The van der Waals surface area contributed by atoms with Crippen LogP contribution >= 0.6 is 31.9 Å². The summed E-state index contributed by atoms with van der Waals surface area (Å²) in [4.78, 5) is 10.9. The second-order valence-corrected chi connectivity index (χ2v) is 6.16. The number of carbonyl (C=O) groups is 1. The van der Waals surface area contributed by atoms with Crippen molar-refractivity contribution >= 4 is 43.5 Å². The van der Waals surface area contributed by atoms with Gasteiger partial charge in [-0.15, -0.1) is 0 Å². The van der Waals surface area contributed by atoms with Gasteiger partial charge in [-0.05, 0) is 58.2 Å². The van der Waals surface area contributed by atoms with Crippen LogP contribution in [0.2, 0.25) is 0 Å². The zero-order chi connectivity index (χ0) is 14.7. The van der Waals surface area contributed by atoms with E-state index in [1.807, 2.05) is 31.2 Å². The van der Waals surface area contributed by atoms with Gasteiger partial charge in [0.25, 0.3) is 0 Å². The Balaban J connectivity index is 2.13. The van der Waals surface area contributed by atoms with Crippen LogP contribution in [0, 0.1) is 6.92 Å². The second kappa shape index (κ2) is 6.41. The lowest BCUT2D eigenvalue weighted by atomic mass is 10.1. The minimum absolute atomic E-state index is 0.275. The Bertz CT molecular complexity index is 656. The van der Waals surface area contributed by atoms with Crippen molar-refractivity contribution in [2.75, 3.05) is 5.32 Å². The standard InChI is InChI=1S/C15H13Br2NO2/c1-9-2-5-14(13(17)6-9)18-8-11-4-3-10(15(19)20)7-12(11)16/h2-7,18H,8H2,1H3,(H,19,20). The van der Waals surface area contributed by atoms with E-state index in [4.69, 9.17) is 5.11 Å². The molecule has 0 bridgehead atoms. The molecule has 0 amide bonds. The third-order valence-corrected chi connectivity index (χ3v) is 4.29. The van der Waals surface area contributed by atoms with Gasteiger partial charge in [-0.25, -0.2) is 4.79 Å². The van der Waals surface area contributed by atoms with Crippen LogP contribution in [0.15, 0.2) is 45.3 Å². The molecule has 0 aliphatic carbocycles. The predicted molar refractivity (Wildman–Crippen MR) is 87.3 cm³/mol. The van der Waals surface area contributed by atoms with Gasteiger partial charge in [-0.3, -0.25) is 0 Å². The van der Waals surface area contributed by atoms with Crippen LogP contribution in [-0.2, 0) is 6.54 Å². The van der Waals surface area contributed by atoms with Crippen molar-refractivity contribution in [2.24, 2.45) is 0 Å². The van der Waals surface area contributed by atoms with Crippen molar-refractivity contribution in [1.29, 1.82) is 0 Å². The van der Waals surface area contributed by atoms with Gasteiger partial charge in [0.05, 0.1) is 5.56 Å². The van der Waals surface area contributed by atoms with Gasteiger partial charge < -0.3 is 10.4 Å². The molecular weight excluding hydrogens is 386 g/mol. The van der Waals surface area contributed by atoms with Crippen LogP contribution in [0.3, 0.4) is 0 Å². The first-order chi connectivity index (χ1) is 9.47. The number of hydrogen-bond donors (Lipinski definition) is 2. The summed E-state index contributed by atoms with van der Waals surface area (Å²) < 4.78 is 1.80. The van der Waals surface area contributed by atoms with Crippen LogP contribution in [0.4, 0.5) is 5.69 Å². The number of halogens is 2. The quantitative estimate of drug-likeness (QED) is 0.775. The molecule has 0 radical (unpaired) electrons. The Hall–Kier alpha value is -1.33. The van der Waals surface area contributed by atoms with E-state index in [9.17, 15) is 4.79 Å². The van der Waals surface area contributed by atoms with Gasteiger partial charge in [-0.2, -0.15) is 0 Å². The van der Waals surface area contributed by atoms with Gasteiger partial charge in [0, 0.05) is 21.2 Å². The van der Waals surface area contributed by atoms with E-state index in [0.717, 1.165) is 20.2 Å². The molecule has 0 aromatic heterocycles. The monoisotopic (exact) mass is 397 g/mol. The minimum atomic E-state index is -0.925. The van der Waals surface area contributed by atoms with E-state index >= 15 is 0 Å². The number of anilines is 1. The third kappa shape index (κ3) is 3.61. The lowest BCUT2D eigenvalue weighted by molar-refractivity contribution is 0.0697. The summed E-state index contributed by atoms with van der Waals surface area (Å²) in [5.74, 6) is -0.925. The van der Waals surface area contributed by atoms with E-state index in [1.54, 1.807) is 12.1 Å². The fourth-order valence-electron chi connectivity index (χ4n) is 1.78. The molecule has 0 unspecified atom stereocenters. The van der Waals surface area contributed by atoms with Crippen molar-refractivity contribution < 1.29 is 9.90 Å². The number of rotatable bonds is 4. The van der Waals surface area contributed by atoms with Crippen LogP contribution in [0.1, 0.15) is 21.5 Å². The number of nitrogens with one attached hydrogen (secondary N) is 1. The van der Waals surface area contributed by atoms with E-state index in [2.05, 4.69) is 37.2 Å². The maximum Gasteiger partial charge on any atom is 0.335 e. The molecule has 2 N–H and O–H groups in total. The van der Waals surface area contributed by atoms with E-state index < -0.39 is 5.97 Å². The van der Waals surface area contributed by atoms with Crippen LogP contribution in [0.25, 0.3) is 0 Å². The first-order valence-corrected chi connectivity index (χ1v) is 7.57. The molecule has 20 heavy (non-hydrogen) atoms. The molecule has 2 aromatic rings. The van der Waals surface area contributed by atoms with Gasteiger partial charge >= 0.3 is 5.97 Å². The number of carboxylic acid groups (broad SMARTS) is 1. The normalized spacial score (nSPS) is 10.3. The minimum Gasteiger partial charge on any atom is -0.478 e. The molecule has 0 saturated heterocycles. The number of carboxylic acids is 1. The van der Waals surface area contributed by atoms with Crippen molar-refractivity contribution in [2.45, 2.75) is 13.5 Å². The molecule has 0 heterocycles. The second-order valence-electron chi connectivity index (χ2n) is 4.45. The van der Waals surface area contributed by atoms with Crippen molar-refractivity contribution in [3.8, 4) is 0 Å². The number of aryl methyl sites for hydroxylation is 1. The van der Waals surface area contributed by atoms with Crippen molar-refractivity contribution in [1.82, 2.24) is 0 Å². The maximum atomic E-state index is 10.9. The molecule has 5 heteroatoms. The topological polar surface area (TPSA) is 49.3 Å². The summed E-state index contributed by atoms with van der Waals surface area (Å²) in [7, 11) is 0. The average Bonchev–Trinajstić information content (AvgIpc) is 2.38. The summed E-state index contributed by atoms with van der Waals surface area (Å²) in [6.45, 7) is 2.65. The summed E-state index contributed by atoms with van der Waals surface area (Å²) in [5, 5.41) is 12.2. The average molecular weight is 399 g/mol. The molecule has 2 rings (SSSR count). The highest BCUT2D eigenvalue weighted by atomic mass is 79.9. The first-order valence-electron chi connectivity index (χ1n) is 5.99. The zero-order valence-corrected chi connectivity index (χ0v) is 14.0. The fraction of sp³-hybridized carbons (Fsp3) is 0.133. The van der Waals surface area contributed by atoms with E-state index in [0.29, 0.717) is 6.54 Å². The Kier molecular flexibility index (Phi) is 4.83. The number of aromatic carboxylic acids is 1. The Morgan fingerprint density at radius 2 is 1.90 bits per heavy atom. The Labute approximate surface area is 134 Å². The van der Waals surface area contributed by atoms with Crippen LogP contribution < -0.4 is 5.32 Å². The fourth-order valence-corrected chi connectivity index (χ4v) is 2.93. The molecule has 104 valence electrons. The highest BCUT2D eigenvalue weighted by Crippen LogP contribution is 2.25. The number of hydrogen-bond acceptors (Lipinski definition) is 2. The van der Waals surface area contributed by atoms with Gasteiger partial charge in [0.1, 0.15) is 0 Å². The van der Waals surface area contributed by atoms with E-state index in [1.165, 1.54) is 5.56 Å². The summed E-state index contributed by atoms with van der Waals surface area (Å²) in [6.07, 6.45) is 0. The molecule has 0 aliphatic rings. The Morgan fingerprint density at radius 1 is 1.15 bits per heavy atom. The first kappa shape index (κ1) is 15.1. The van der Waals surface area contributed by atoms with Gasteiger partial charge in [-0.1, -0.05) is 28.1 Å². The third-order valence-electron chi connectivity index (χ3n) is 2.89. The highest BCUT2D eigenvalue weighted by Gasteiger charge is 2.07. The lowest BCUT2D eigenvalue weighted by Gasteiger charge is -2.11. The smallest absolute Gasteiger partial charge is 0.335 e. The van der Waals surface area contributed by atoms with Gasteiger partial charge in [0.2, 0.25) is 0 Å². The SMILES string of the molecule is Cc1ccc(NCc2ccc(C(=O)O)cc2Br)c(Br)c1. The largest absolute Gasteiger partial charge is 0.478 e. The Morgan fingerprint density at radius 3 is 2.50 bits per heavy atom. The summed E-state index contributed by atoms with van der Waals surface area (Å²) >= 11 is 6.92. The molecule has 2 aromatic carbocycles. The van der Waals surface area contributed by atoms with Crippen LogP contribution in [0.5, 0.6) is 0 Å². The predicted octanol–water partition coefficient (Wildman–Crippen LogP) is 4.83. The molecule has 0 fully saturated rings. The zero-order valence-electron chi connectivity index (χ0n) is 10.8. The maximum absolute atomic E-state index is 10.9. The van der Waals surface area contributed by atoms with Crippen molar-refractivity contribution in [3.63, 3.8) is 0 Å². The molecular formula is C15H13Br2NO2. The van der Waals surface area contributed by atoms with Gasteiger partial charge in [0.15, 0.2) is 0 Å². The molecule has 3 nitrogen and oxygen atoms in total. The molecule has 0 atom stereocenters. The molecule has 0 saturated carbocycles. The van der Waals surface area contributed by atoms with Crippen LogP contribution in [-0.4, -0.2) is 11.1 Å². The summed E-state index contributed by atoms with van der Waals surface area (Å²) in [6, 6.07) is 11.1. The highest BCUT2D eigenvalue weighted by molar-refractivity contribution is 9.11. The van der Waals surface area contributed by atoms with Crippen molar-refractivity contribution in [3.05, 3.63) is 62.0 Å². The summed E-state index contributed by atoms with van der Waals surface area (Å²) in [5.41, 5.74) is 3.47. The van der Waals surface area contributed by atoms with E-state index in [-0.39, 0.29) is 5.56 Å². The number of benzene rings is 2. The molecule has 0 aliphatic heterocycles.